The summed E-state index contributed by atoms with van der Waals surface area (Å²) in [5.41, 5.74) is 5.89. The maximum absolute atomic E-state index is 12.3. The van der Waals surface area contributed by atoms with Gasteiger partial charge in [0.2, 0.25) is 11.8 Å². The molecule has 0 saturated carbocycles. The van der Waals surface area contributed by atoms with E-state index in [0.717, 1.165) is 19.4 Å². The smallest absolute Gasteiger partial charge is 0.227 e. The van der Waals surface area contributed by atoms with E-state index in [4.69, 9.17) is 5.73 Å². The van der Waals surface area contributed by atoms with E-state index in [-0.39, 0.29) is 29.8 Å². The van der Waals surface area contributed by atoms with E-state index in [1.54, 1.807) is 0 Å². The summed E-state index contributed by atoms with van der Waals surface area (Å²) >= 11 is 0. The number of carbonyl (C=O) groups excluding carboxylic acids is 2. The van der Waals surface area contributed by atoms with E-state index < -0.39 is 0 Å². The molecule has 2 rings (SSSR count). The van der Waals surface area contributed by atoms with E-state index in [1.807, 2.05) is 4.90 Å². The SMILES string of the molecule is CC1CC(N)CCN1C(=O)C1CCC(=O)NC1. The van der Waals surface area contributed by atoms with Crippen LogP contribution in [0.15, 0.2) is 0 Å². The van der Waals surface area contributed by atoms with Gasteiger partial charge in [-0.2, -0.15) is 0 Å². The van der Waals surface area contributed by atoms with Gasteiger partial charge in [-0.05, 0) is 26.2 Å². The molecule has 0 aromatic heterocycles. The van der Waals surface area contributed by atoms with Crippen LogP contribution in [0.3, 0.4) is 0 Å². The summed E-state index contributed by atoms with van der Waals surface area (Å²) in [6.07, 6.45) is 2.91. The van der Waals surface area contributed by atoms with Crippen molar-refractivity contribution in [2.45, 2.75) is 44.7 Å². The molecule has 3 N–H and O–H groups in total. The molecule has 2 heterocycles. The molecule has 0 bridgehead atoms. The summed E-state index contributed by atoms with van der Waals surface area (Å²) in [6.45, 7) is 3.30. The molecule has 96 valence electrons. The van der Waals surface area contributed by atoms with Gasteiger partial charge in [-0.15, -0.1) is 0 Å². The lowest BCUT2D eigenvalue weighted by Gasteiger charge is -2.39. The minimum absolute atomic E-state index is 0.0375. The van der Waals surface area contributed by atoms with Gasteiger partial charge in [0.15, 0.2) is 0 Å². The number of nitrogens with one attached hydrogen (secondary N) is 1. The molecular weight excluding hydrogens is 218 g/mol. The lowest BCUT2D eigenvalue weighted by atomic mass is 9.93. The van der Waals surface area contributed by atoms with Gasteiger partial charge in [0.25, 0.3) is 0 Å². The predicted molar refractivity (Wildman–Crippen MR) is 64.1 cm³/mol. The van der Waals surface area contributed by atoms with Crippen LogP contribution in [0, 0.1) is 5.92 Å². The fourth-order valence-electron chi connectivity index (χ4n) is 2.71. The van der Waals surface area contributed by atoms with E-state index in [9.17, 15) is 9.59 Å². The van der Waals surface area contributed by atoms with Gasteiger partial charge >= 0.3 is 0 Å². The zero-order valence-corrected chi connectivity index (χ0v) is 10.3. The molecule has 0 aliphatic carbocycles. The Hall–Kier alpha value is -1.10. The van der Waals surface area contributed by atoms with Crippen molar-refractivity contribution in [3.8, 4) is 0 Å². The highest BCUT2D eigenvalue weighted by molar-refractivity contribution is 5.84. The first-order valence-corrected chi connectivity index (χ1v) is 6.40. The molecule has 5 nitrogen and oxygen atoms in total. The third-order valence-electron chi connectivity index (χ3n) is 3.81. The molecule has 2 aliphatic rings. The van der Waals surface area contributed by atoms with Crippen LogP contribution in [0.2, 0.25) is 0 Å². The summed E-state index contributed by atoms with van der Waals surface area (Å²) < 4.78 is 0. The van der Waals surface area contributed by atoms with Crippen LogP contribution < -0.4 is 11.1 Å². The van der Waals surface area contributed by atoms with Gasteiger partial charge in [0, 0.05) is 31.6 Å². The average Bonchev–Trinajstić information content (AvgIpc) is 2.29. The van der Waals surface area contributed by atoms with E-state index in [1.165, 1.54) is 0 Å². The molecule has 2 saturated heterocycles. The van der Waals surface area contributed by atoms with Crippen LogP contribution in [0.5, 0.6) is 0 Å². The Morgan fingerprint density at radius 3 is 2.82 bits per heavy atom. The summed E-state index contributed by atoms with van der Waals surface area (Å²) in [5, 5.41) is 2.76. The average molecular weight is 239 g/mol. The minimum Gasteiger partial charge on any atom is -0.355 e. The zero-order chi connectivity index (χ0) is 12.4. The number of rotatable bonds is 1. The Balaban J connectivity index is 1.93. The first kappa shape index (κ1) is 12.4. The number of nitrogens with two attached hydrogens (primary N) is 1. The molecule has 3 atom stereocenters. The highest BCUT2D eigenvalue weighted by Gasteiger charge is 2.33. The largest absolute Gasteiger partial charge is 0.355 e. The second-order valence-electron chi connectivity index (χ2n) is 5.20. The van der Waals surface area contributed by atoms with Gasteiger partial charge in [-0.1, -0.05) is 0 Å². The minimum atomic E-state index is -0.0375. The highest BCUT2D eigenvalue weighted by Crippen LogP contribution is 2.21. The lowest BCUT2D eigenvalue weighted by Crippen LogP contribution is -2.52. The predicted octanol–water partition coefficient (Wildman–Crippen LogP) is -0.149. The molecule has 2 fully saturated rings. The van der Waals surface area contributed by atoms with Crippen molar-refractivity contribution in [2.75, 3.05) is 13.1 Å². The number of piperidine rings is 2. The molecule has 5 heteroatoms. The van der Waals surface area contributed by atoms with Crippen LogP contribution in [-0.4, -0.2) is 41.9 Å². The summed E-state index contributed by atoms with van der Waals surface area (Å²) in [5.74, 6) is 0.205. The van der Waals surface area contributed by atoms with E-state index >= 15 is 0 Å². The molecule has 17 heavy (non-hydrogen) atoms. The first-order chi connectivity index (χ1) is 8.08. The van der Waals surface area contributed by atoms with Gasteiger partial charge in [-0.25, -0.2) is 0 Å². The van der Waals surface area contributed by atoms with Gasteiger partial charge in [-0.3, -0.25) is 9.59 Å². The Kier molecular flexibility index (Phi) is 3.66. The Bertz CT molecular complexity index is 309. The van der Waals surface area contributed by atoms with E-state index in [0.29, 0.717) is 19.4 Å². The fraction of sp³-hybridized carbons (Fsp3) is 0.833. The number of nitrogens with zero attached hydrogens (tertiary/aromatic N) is 1. The standard InChI is InChI=1S/C12H21N3O2/c1-8-6-10(13)4-5-15(8)12(17)9-2-3-11(16)14-7-9/h8-10H,2-7,13H2,1H3,(H,14,16). The van der Waals surface area contributed by atoms with Crippen molar-refractivity contribution in [3.63, 3.8) is 0 Å². The molecule has 3 unspecified atom stereocenters. The van der Waals surface area contributed by atoms with Crippen LogP contribution in [0.25, 0.3) is 0 Å². The normalized spacial score (nSPS) is 34.4. The van der Waals surface area contributed by atoms with E-state index in [2.05, 4.69) is 12.2 Å². The van der Waals surface area contributed by atoms with Crippen LogP contribution >= 0.6 is 0 Å². The highest BCUT2D eigenvalue weighted by atomic mass is 16.2. The molecule has 0 aromatic rings. The Morgan fingerprint density at radius 1 is 1.47 bits per heavy atom. The maximum Gasteiger partial charge on any atom is 0.227 e. The van der Waals surface area contributed by atoms with Gasteiger partial charge in [0.1, 0.15) is 0 Å². The van der Waals surface area contributed by atoms with Gasteiger partial charge in [0.05, 0.1) is 5.92 Å². The number of hydrogen-bond donors (Lipinski definition) is 2. The summed E-state index contributed by atoms with van der Waals surface area (Å²) in [6, 6.07) is 0.448. The van der Waals surface area contributed by atoms with Crippen LogP contribution in [0.1, 0.15) is 32.6 Å². The van der Waals surface area contributed by atoms with Crippen molar-refractivity contribution >= 4 is 11.8 Å². The third kappa shape index (κ3) is 2.77. The monoisotopic (exact) mass is 239 g/mol. The molecule has 2 aliphatic heterocycles. The Labute approximate surface area is 102 Å². The summed E-state index contributed by atoms with van der Waals surface area (Å²) in [4.78, 5) is 25.3. The molecule has 0 aromatic carbocycles. The molecule has 0 radical (unpaired) electrons. The number of likely N-dealkylation sites (tertiary alicyclic amines) is 1. The zero-order valence-electron chi connectivity index (χ0n) is 10.3. The van der Waals surface area contributed by atoms with Crippen molar-refractivity contribution < 1.29 is 9.59 Å². The van der Waals surface area contributed by atoms with Crippen molar-refractivity contribution in [2.24, 2.45) is 11.7 Å². The number of carbonyl (C=O) groups is 2. The molecule has 0 spiro atoms. The third-order valence-corrected chi connectivity index (χ3v) is 3.81. The van der Waals surface area contributed by atoms with Crippen molar-refractivity contribution in [1.29, 1.82) is 0 Å². The second-order valence-corrected chi connectivity index (χ2v) is 5.20. The molecule has 2 amide bonds. The summed E-state index contributed by atoms with van der Waals surface area (Å²) in [7, 11) is 0. The van der Waals surface area contributed by atoms with Crippen molar-refractivity contribution in [1.82, 2.24) is 10.2 Å². The first-order valence-electron chi connectivity index (χ1n) is 6.40. The quantitative estimate of drug-likeness (QED) is 0.668. The van der Waals surface area contributed by atoms with Crippen molar-refractivity contribution in [3.05, 3.63) is 0 Å². The Morgan fingerprint density at radius 2 is 2.24 bits per heavy atom. The van der Waals surface area contributed by atoms with Gasteiger partial charge < -0.3 is 16.0 Å². The number of hydrogen-bond acceptors (Lipinski definition) is 3. The topological polar surface area (TPSA) is 75.4 Å². The second kappa shape index (κ2) is 5.04. The van der Waals surface area contributed by atoms with Crippen LogP contribution in [0.4, 0.5) is 0 Å². The number of amides is 2. The maximum atomic E-state index is 12.3. The van der Waals surface area contributed by atoms with Crippen LogP contribution in [-0.2, 0) is 9.59 Å². The fourth-order valence-corrected chi connectivity index (χ4v) is 2.71. The lowest BCUT2D eigenvalue weighted by molar-refractivity contribution is -0.140. The molecular formula is C12H21N3O2.